The zero-order chi connectivity index (χ0) is 14.0. The number of rotatable bonds is 3. The fraction of sp³-hybridized carbons (Fsp3) is 0.385. The van der Waals surface area contributed by atoms with Crippen LogP contribution >= 0.6 is 11.6 Å². The molecule has 1 aromatic carbocycles. The molecule has 0 aromatic heterocycles. The first-order valence-electron chi connectivity index (χ1n) is 5.92. The molecule has 2 atom stereocenters. The Balaban J connectivity index is 2.05. The van der Waals surface area contributed by atoms with Gasteiger partial charge in [-0.05, 0) is 37.1 Å². The number of carboxylic acid groups (broad SMARTS) is 1. The Morgan fingerprint density at radius 3 is 2.95 bits per heavy atom. The molecule has 102 valence electrons. The molecule has 1 amide bonds. The van der Waals surface area contributed by atoms with Crippen molar-refractivity contribution >= 4 is 23.5 Å². The first-order chi connectivity index (χ1) is 8.97. The molecule has 0 saturated heterocycles. The number of hydrogen-bond donors (Lipinski definition) is 2. The van der Waals surface area contributed by atoms with E-state index in [9.17, 15) is 9.59 Å². The monoisotopic (exact) mass is 283 g/mol. The highest BCUT2D eigenvalue weighted by Crippen LogP contribution is 2.29. The van der Waals surface area contributed by atoms with Crippen molar-refractivity contribution in [3.8, 4) is 5.75 Å². The summed E-state index contributed by atoms with van der Waals surface area (Å²) in [5.74, 6) is -1.05. The summed E-state index contributed by atoms with van der Waals surface area (Å²) in [4.78, 5) is 22.6. The Hall–Kier alpha value is -1.75. The second-order valence-corrected chi connectivity index (χ2v) is 4.97. The smallest absolute Gasteiger partial charge is 0.325 e. The molecule has 19 heavy (non-hydrogen) atoms. The van der Waals surface area contributed by atoms with Crippen LogP contribution in [0.2, 0.25) is 5.02 Å². The summed E-state index contributed by atoms with van der Waals surface area (Å²) in [6.45, 7) is 1.67. The van der Waals surface area contributed by atoms with Gasteiger partial charge in [0.2, 0.25) is 5.91 Å². The van der Waals surface area contributed by atoms with Crippen LogP contribution in [0, 0.1) is 5.92 Å². The summed E-state index contributed by atoms with van der Waals surface area (Å²) in [7, 11) is 0. The lowest BCUT2D eigenvalue weighted by molar-refractivity contribution is -0.142. The molecule has 0 aliphatic carbocycles. The van der Waals surface area contributed by atoms with E-state index >= 15 is 0 Å². The van der Waals surface area contributed by atoms with Crippen LogP contribution in [-0.2, 0) is 16.0 Å². The third kappa shape index (κ3) is 3.17. The number of carboxylic acids is 1. The van der Waals surface area contributed by atoms with Crippen molar-refractivity contribution in [3.05, 3.63) is 28.8 Å². The topological polar surface area (TPSA) is 75.6 Å². The highest BCUT2D eigenvalue weighted by molar-refractivity contribution is 6.30. The molecule has 0 radical (unpaired) electrons. The summed E-state index contributed by atoms with van der Waals surface area (Å²) in [5.41, 5.74) is 0.863. The predicted octanol–water partition coefficient (Wildman–Crippen LogP) is 1.48. The minimum atomic E-state index is -1.06. The molecule has 2 unspecified atom stereocenters. The number of ether oxygens (including phenoxy) is 1. The number of nitrogens with one attached hydrogen (secondary N) is 1. The maximum atomic E-state index is 11.9. The van der Waals surface area contributed by atoms with Gasteiger partial charge < -0.3 is 15.2 Å². The fourth-order valence-electron chi connectivity index (χ4n) is 1.92. The molecule has 0 saturated carbocycles. The Labute approximate surface area is 115 Å². The normalized spacial score (nSPS) is 18.9. The minimum absolute atomic E-state index is 0.243. The zero-order valence-corrected chi connectivity index (χ0v) is 11.1. The Morgan fingerprint density at radius 1 is 1.53 bits per heavy atom. The van der Waals surface area contributed by atoms with E-state index in [2.05, 4.69) is 5.32 Å². The van der Waals surface area contributed by atoms with Crippen LogP contribution in [0.3, 0.4) is 0 Å². The molecule has 1 aliphatic rings. The average molecular weight is 284 g/mol. The Bertz CT molecular complexity index is 517. The van der Waals surface area contributed by atoms with Crippen molar-refractivity contribution in [3.63, 3.8) is 0 Å². The van der Waals surface area contributed by atoms with Gasteiger partial charge in [-0.25, -0.2) is 0 Å². The highest BCUT2D eigenvalue weighted by atomic mass is 35.5. The summed E-state index contributed by atoms with van der Waals surface area (Å²) >= 11 is 5.90. The van der Waals surface area contributed by atoms with Crippen molar-refractivity contribution < 1.29 is 19.4 Å². The van der Waals surface area contributed by atoms with Gasteiger partial charge in [0.15, 0.2) is 0 Å². The second-order valence-electron chi connectivity index (χ2n) is 4.53. The standard InChI is InChI=1S/C13H14ClNO4/c1-7(13(17)18)15-12(16)9-4-8-5-10(14)2-3-11(8)19-6-9/h2-3,5,7,9H,4,6H2,1H3,(H,15,16)(H,17,18). The minimum Gasteiger partial charge on any atom is -0.492 e. The van der Waals surface area contributed by atoms with Crippen molar-refractivity contribution in [2.45, 2.75) is 19.4 Å². The third-order valence-electron chi connectivity index (χ3n) is 3.03. The number of aliphatic carboxylic acids is 1. The van der Waals surface area contributed by atoms with Gasteiger partial charge in [-0.2, -0.15) is 0 Å². The molecule has 1 aromatic rings. The van der Waals surface area contributed by atoms with Crippen LogP contribution in [0.25, 0.3) is 0 Å². The largest absolute Gasteiger partial charge is 0.492 e. The number of amides is 1. The van der Waals surface area contributed by atoms with Gasteiger partial charge in [0, 0.05) is 5.02 Å². The van der Waals surface area contributed by atoms with Crippen LogP contribution < -0.4 is 10.1 Å². The van der Waals surface area contributed by atoms with E-state index in [1.54, 1.807) is 18.2 Å². The van der Waals surface area contributed by atoms with Crippen molar-refractivity contribution in [1.82, 2.24) is 5.32 Å². The van der Waals surface area contributed by atoms with E-state index in [0.29, 0.717) is 11.4 Å². The third-order valence-corrected chi connectivity index (χ3v) is 3.26. The first kappa shape index (κ1) is 13.7. The van der Waals surface area contributed by atoms with E-state index in [4.69, 9.17) is 21.4 Å². The molecule has 1 heterocycles. The maximum Gasteiger partial charge on any atom is 0.325 e. The highest BCUT2D eigenvalue weighted by Gasteiger charge is 2.28. The zero-order valence-electron chi connectivity index (χ0n) is 10.4. The summed E-state index contributed by atoms with van der Waals surface area (Å²) in [6.07, 6.45) is 0.494. The predicted molar refractivity (Wildman–Crippen MR) is 69.4 cm³/mol. The Kier molecular flexibility index (Phi) is 3.95. The van der Waals surface area contributed by atoms with Gasteiger partial charge in [0.25, 0.3) is 0 Å². The molecule has 1 aliphatic heterocycles. The lowest BCUT2D eigenvalue weighted by Crippen LogP contribution is -2.44. The molecular weight excluding hydrogens is 270 g/mol. The molecule has 5 nitrogen and oxygen atoms in total. The molecular formula is C13H14ClNO4. The lowest BCUT2D eigenvalue weighted by Gasteiger charge is -2.25. The van der Waals surface area contributed by atoms with Gasteiger partial charge in [-0.3, -0.25) is 9.59 Å². The van der Waals surface area contributed by atoms with Crippen LogP contribution in [0.5, 0.6) is 5.75 Å². The molecule has 0 spiro atoms. The summed E-state index contributed by atoms with van der Waals surface area (Å²) in [5, 5.41) is 11.8. The van der Waals surface area contributed by atoms with E-state index < -0.39 is 17.9 Å². The van der Waals surface area contributed by atoms with Gasteiger partial charge >= 0.3 is 5.97 Å². The van der Waals surface area contributed by atoms with Crippen LogP contribution in [0.15, 0.2) is 18.2 Å². The van der Waals surface area contributed by atoms with Gasteiger partial charge in [0.1, 0.15) is 18.4 Å². The van der Waals surface area contributed by atoms with Gasteiger partial charge in [-0.15, -0.1) is 0 Å². The quantitative estimate of drug-likeness (QED) is 0.881. The molecule has 0 fully saturated rings. The number of carbonyl (C=O) groups is 2. The average Bonchev–Trinajstić information content (AvgIpc) is 2.37. The van der Waals surface area contributed by atoms with Crippen LogP contribution in [0.4, 0.5) is 0 Å². The maximum absolute atomic E-state index is 11.9. The molecule has 0 bridgehead atoms. The van der Waals surface area contributed by atoms with Crippen molar-refractivity contribution in [2.75, 3.05) is 6.61 Å². The van der Waals surface area contributed by atoms with Crippen molar-refractivity contribution in [1.29, 1.82) is 0 Å². The SMILES string of the molecule is CC(NC(=O)C1COc2ccc(Cl)cc2C1)C(=O)O. The number of halogens is 1. The molecule has 2 rings (SSSR count). The van der Waals surface area contributed by atoms with Crippen molar-refractivity contribution in [2.24, 2.45) is 5.92 Å². The second kappa shape index (κ2) is 5.48. The first-order valence-corrected chi connectivity index (χ1v) is 6.29. The number of benzene rings is 1. The van der Waals surface area contributed by atoms with Gasteiger partial charge in [-0.1, -0.05) is 11.6 Å². The van der Waals surface area contributed by atoms with E-state index in [-0.39, 0.29) is 12.5 Å². The fourth-order valence-corrected chi connectivity index (χ4v) is 2.12. The van der Waals surface area contributed by atoms with Gasteiger partial charge in [0.05, 0.1) is 5.92 Å². The molecule has 6 heteroatoms. The van der Waals surface area contributed by atoms with E-state index in [1.165, 1.54) is 6.92 Å². The lowest BCUT2D eigenvalue weighted by atomic mass is 9.96. The Morgan fingerprint density at radius 2 is 2.26 bits per heavy atom. The number of fused-ring (bicyclic) bond motifs is 1. The summed E-state index contributed by atoms with van der Waals surface area (Å²) < 4.78 is 5.49. The van der Waals surface area contributed by atoms with E-state index in [0.717, 1.165) is 11.3 Å². The van der Waals surface area contributed by atoms with Crippen LogP contribution in [-0.4, -0.2) is 29.6 Å². The number of hydrogen-bond acceptors (Lipinski definition) is 3. The molecule has 2 N–H and O–H groups in total. The number of carbonyl (C=O) groups excluding carboxylic acids is 1. The van der Waals surface area contributed by atoms with Crippen LogP contribution in [0.1, 0.15) is 12.5 Å². The van der Waals surface area contributed by atoms with E-state index in [1.807, 2.05) is 0 Å². The summed E-state index contributed by atoms with van der Waals surface area (Å²) in [6, 6.07) is 4.35.